The predicted molar refractivity (Wildman–Crippen MR) is 65.3 cm³/mol. The summed E-state index contributed by atoms with van der Waals surface area (Å²) < 4.78 is 6.81. The summed E-state index contributed by atoms with van der Waals surface area (Å²) in [5.74, 6) is 1.57. The van der Waals surface area contributed by atoms with Crippen LogP contribution in [0.3, 0.4) is 0 Å². The lowest BCUT2D eigenvalue weighted by Crippen LogP contribution is -2.04. The van der Waals surface area contributed by atoms with Crippen molar-refractivity contribution < 1.29 is 4.42 Å². The Hall–Kier alpha value is -0.400. The molecular formula is C9H9IN2OS. The van der Waals surface area contributed by atoms with Gasteiger partial charge in [0.25, 0.3) is 0 Å². The number of nitrogens with one attached hydrogen (secondary N) is 1. The van der Waals surface area contributed by atoms with Gasteiger partial charge in [0.05, 0.1) is 15.6 Å². The third kappa shape index (κ3) is 2.15. The van der Waals surface area contributed by atoms with E-state index in [0.29, 0.717) is 6.54 Å². The van der Waals surface area contributed by atoms with Gasteiger partial charge in [-0.2, -0.15) is 0 Å². The number of hydrogen-bond acceptors (Lipinski definition) is 4. The van der Waals surface area contributed by atoms with Crippen LogP contribution < -0.4 is 5.32 Å². The molecule has 0 bridgehead atoms. The molecule has 0 aromatic carbocycles. The predicted octanol–water partition coefficient (Wildman–Crippen LogP) is 2.73. The molecule has 5 heteroatoms. The lowest BCUT2D eigenvalue weighted by molar-refractivity contribution is 0.491. The van der Waals surface area contributed by atoms with Crippen molar-refractivity contribution >= 4 is 33.9 Å². The summed E-state index contributed by atoms with van der Waals surface area (Å²) in [4.78, 5) is 4.16. The van der Waals surface area contributed by atoms with Crippen molar-refractivity contribution in [3.63, 3.8) is 0 Å². The van der Waals surface area contributed by atoms with Crippen LogP contribution in [0.15, 0.2) is 22.1 Å². The van der Waals surface area contributed by atoms with Crippen molar-refractivity contribution in [3.05, 3.63) is 26.4 Å². The number of rotatable bonds is 3. The maximum absolute atomic E-state index is 5.55. The Morgan fingerprint density at radius 3 is 3.14 bits per heavy atom. The van der Waals surface area contributed by atoms with Crippen LogP contribution in [0.5, 0.6) is 0 Å². The zero-order valence-corrected chi connectivity index (χ0v) is 10.6. The Morgan fingerprint density at radius 2 is 2.50 bits per heavy atom. The number of aromatic nitrogens is 1. The molecule has 0 aliphatic heterocycles. The Bertz CT molecular complexity index is 424. The summed E-state index contributed by atoms with van der Waals surface area (Å²) in [6, 6.07) is 2.09. The Balaban J connectivity index is 2.24. The van der Waals surface area contributed by atoms with Gasteiger partial charge in [0.2, 0.25) is 5.89 Å². The van der Waals surface area contributed by atoms with Crippen molar-refractivity contribution in [2.24, 2.45) is 0 Å². The highest BCUT2D eigenvalue weighted by molar-refractivity contribution is 14.1. The molecule has 3 nitrogen and oxygen atoms in total. The quantitative estimate of drug-likeness (QED) is 0.884. The van der Waals surface area contributed by atoms with Crippen molar-refractivity contribution in [1.82, 2.24) is 10.3 Å². The molecular weight excluding hydrogens is 311 g/mol. The molecule has 0 spiro atoms. The first-order chi connectivity index (χ1) is 6.79. The highest BCUT2D eigenvalue weighted by atomic mass is 127. The Morgan fingerprint density at radius 1 is 1.64 bits per heavy atom. The van der Waals surface area contributed by atoms with E-state index in [0.717, 1.165) is 17.2 Å². The van der Waals surface area contributed by atoms with Crippen LogP contribution in [0.25, 0.3) is 11.3 Å². The maximum Gasteiger partial charge on any atom is 0.208 e. The van der Waals surface area contributed by atoms with Gasteiger partial charge in [-0.3, -0.25) is 0 Å². The summed E-state index contributed by atoms with van der Waals surface area (Å²) >= 11 is 4.00. The van der Waals surface area contributed by atoms with Crippen LogP contribution in [0.1, 0.15) is 5.89 Å². The molecule has 0 atom stereocenters. The highest BCUT2D eigenvalue weighted by Gasteiger charge is 2.06. The van der Waals surface area contributed by atoms with Gasteiger partial charge in [-0.1, -0.05) is 0 Å². The molecule has 74 valence electrons. The van der Waals surface area contributed by atoms with Crippen LogP contribution in [-0.2, 0) is 6.54 Å². The van der Waals surface area contributed by atoms with E-state index < -0.39 is 0 Å². The molecule has 14 heavy (non-hydrogen) atoms. The van der Waals surface area contributed by atoms with Crippen LogP contribution in [0.4, 0.5) is 0 Å². The van der Waals surface area contributed by atoms with Crippen LogP contribution >= 0.6 is 33.9 Å². The van der Waals surface area contributed by atoms with Crippen molar-refractivity contribution in [1.29, 1.82) is 0 Å². The second-order valence-corrected chi connectivity index (χ2v) is 5.59. The molecule has 0 saturated carbocycles. The van der Waals surface area contributed by atoms with E-state index in [1.165, 1.54) is 2.88 Å². The molecule has 0 fully saturated rings. The monoisotopic (exact) mass is 320 g/mol. The van der Waals surface area contributed by atoms with E-state index in [-0.39, 0.29) is 0 Å². The minimum atomic E-state index is 0.668. The molecule has 2 aromatic heterocycles. The van der Waals surface area contributed by atoms with Gasteiger partial charge in [-0.25, -0.2) is 4.98 Å². The lowest BCUT2D eigenvalue weighted by atomic mass is 10.3. The number of oxazole rings is 1. The van der Waals surface area contributed by atoms with E-state index in [1.54, 1.807) is 17.5 Å². The largest absolute Gasteiger partial charge is 0.439 e. The molecule has 0 amide bonds. The fourth-order valence-corrected chi connectivity index (χ4v) is 2.45. The fourth-order valence-electron chi connectivity index (χ4n) is 1.12. The third-order valence-electron chi connectivity index (χ3n) is 1.73. The smallest absolute Gasteiger partial charge is 0.208 e. The first-order valence-electron chi connectivity index (χ1n) is 4.13. The first kappa shape index (κ1) is 10.1. The minimum absolute atomic E-state index is 0.668. The van der Waals surface area contributed by atoms with Gasteiger partial charge in [-0.15, -0.1) is 11.3 Å². The zero-order chi connectivity index (χ0) is 9.97. The second-order valence-electron chi connectivity index (χ2n) is 2.79. The molecule has 0 saturated heterocycles. The van der Waals surface area contributed by atoms with Gasteiger partial charge in [0.15, 0.2) is 5.76 Å². The third-order valence-corrected chi connectivity index (χ3v) is 3.52. The molecule has 0 aliphatic rings. The average molecular weight is 320 g/mol. The lowest BCUT2D eigenvalue weighted by Gasteiger charge is -1.91. The zero-order valence-electron chi connectivity index (χ0n) is 7.58. The van der Waals surface area contributed by atoms with Crippen LogP contribution in [0, 0.1) is 2.88 Å². The van der Waals surface area contributed by atoms with Crippen LogP contribution in [0.2, 0.25) is 0 Å². The number of hydrogen-bond donors (Lipinski definition) is 1. The topological polar surface area (TPSA) is 38.1 Å². The Labute approximate surface area is 99.7 Å². The number of nitrogens with zero attached hydrogens (tertiary/aromatic N) is 1. The standard InChI is InChI=1S/C9H9IN2OS/c1-11-4-9-12-3-7(13-9)6-2-8(10)14-5-6/h2-3,5,11H,4H2,1H3. The van der Waals surface area contributed by atoms with E-state index in [4.69, 9.17) is 4.42 Å². The molecule has 0 unspecified atom stereocenters. The first-order valence-corrected chi connectivity index (χ1v) is 6.09. The molecule has 2 rings (SSSR count). The van der Waals surface area contributed by atoms with E-state index in [2.05, 4.69) is 44.3 Å². The minimum Gasteiger partial charge on any atom is -0.439 e. The van der Waals surface area contributed by atoms with Crippen molar-refractivity contribution in [2.75, 3.05) is 7.05 Å². The van der Waals surface area contributed by atoms with Gasteiger partial charge in [0.1, 0.15) is 0 Å². The van der Waals surface area contributed by atoms with Crippen LogP contribution in [-0.4, -0.2) is 12.0 Å². The summed E-state index contributed by atoms with van der Waals surface area (Å²) in [6.45, 7) is 0.668. The van der Waals surface area contributed by atoms with Crippen molar-refractivity contribution in [2.45, 2.75) is 6.54 Å². The normalized spacial score (nSPS) is 10.7. The van der Waals surface area contributed by atoms with Gasteiger partial charge >= 0.3 is 0 Å². The maximum atomic E-state index is 5.55. The summed E-state index contributed by atoms with van der Waals surface area (Å²) in [5.41, 5.74) is 1.11. The SMILES string of the molecule is CNCc1ncc(-c2csc(I)c2)o1. The molecule has 0 aliphatic carbocycles. The van der Waals surface area contributed by atoms with Crippen molar-refractivity contribution in [3.8, 4) is 11.3 Å². The molecule has 2 aromatic rings. The molecule has 1 N–H and O–H groups in total. The molecule has 2 heterocycles. The van der Waals surface area contributed by atoms with Gasteiger partial charge < -0.3 is 9.73 Å². The summed E-state index contributed by atoms with van der Waals surface area (Å²) in [7, 11) is 1.87. The number of halogens is 1. The molecule has 0 radical (unpaired) electrons. The summed E-state index contributed by atoms with van der Waals surface area (Å²) in [6.07, 6.45) is 1.77. The van der Waals surface area contributed by atoms with E-state index in [9.17, 15) is 0 Å². The van der Waals surface area contributed by atoms with E-state index >= 15 is 0 Å². The second kappa shape index (κ2) is 4.41. The summed E-state index contributed by atoms with van der Waals surface area (Å²) in [5, 5.41) is 5.07. The van der Waals surface area contributed by atoms with E-state index in [1.807, 2.05) is 7.05 Å². The average Bonchev–Trinajstić information content (AvgIpc) is 2.74. The fraction of sp³-hybridized carbons (Fsp3) is 0.222. The highest BCUT2D eigenvalue weighted by Crippen LogP contribution is 2.26. The van der Waals surface area contributed by atoms with Gasteiger partial charge in [-0.05, 0) is 35.7 Å². The van der Waals surface area contributed by atoms with Gasteiger partial charge in [0, 0.05) is 10.9 Å². The Kier molecular flexibility index (Phi) is 3.19. The number of thiophene rings is 1.